The Morgan fingerprint density at radius 1 is 1.00 bits per heavy atom. The summed E-state index contributed by atoms with van der Waals surface area (Å²) in [7, 11) is 0. The highest BCUT2D eigenvalue weighted by molar-refractivity contribution is 5.89. The second-order valence-corrected chi connectivity index (χ2v) is 4.04. The maximum Gasteiger partial charge on any atom is 0.356 e. The molecule has 1 N–H and O–H groups in total. The zero-order valence-electron chi connectivity index (χ0n) is 11.1. The van der Waals surface area contributed by atoms with Crippen LogP contribution in [0.4, 0.5) is 0 Å². The van der Waals surface area contributed by atoms with E-state index in [9.17, 15) is 14.4 Å². The first-order valence-electron chi connectivity index (χ1n) is 5.77. The summed E-state index contributed by atoms with van der Waals surface area (Å²) in [4.78, 5) is 40.8. The van der Waals surface area contributed by atoms with Crippen LogP contribution in [0.3, 0.4) is 0 Å². The van der Waals surface area contributed by atoms with Crippen molar-refractivity contribution in [3.8, 4) is 11.5 Å². The summed E-state index contributed by atoms with van der Waals surface area (Å²) in [6.45, 7) is 2.38. The summed E-state index contributed by atoms with van der Waals surface area (Å²) in [6, 6.07) is 2.63. The van der Waals surface area contributed by atoms with Gasteiger partial charge in [0.05, 0.1) is 17.2 Å². The maximum absolute atomic E-state index is 11.1. The Bertz CT molecular complexity index is 756. The van der Waals surface area contributed by atoms with Crippen LogP contribution in [-0.4, -0.2) is 33.0 Å². The van der Waals surface area contributed by atoms with E-state index >= 15 is 0 Å². The molecule has 0 aliphatic heterocycles. The summed E-state index contributed by atoms with van der Waals surface area (Å²) >= 11 is 0. The molecular weight excluding hydrogens is 280 g/mol. The fourth-order valence-electron chi connectivity index (χ4n) is 1.59. The van der Waals surface area contributed by atoms with Crippen LogP contribution in [0.25, 0.3) is 11.0 Å². The average molecular weight is 290 g/mol. The van der Waals surface area contributed by atoms with Crippen molar-refractivity contribution < 1.29 is 29.0 Å². The number of rotatable bonds is 3. The Labute approximate surface area is 118 Å². The number of esters is 2. The zero-order chi connectivity index (χ0) is 15.6. The van der Waals surface area contributed by atoms with E-state index < -0.39 is 17.9 Å². The van der Waals surface area contributed by atoms with E-state index in [1.165, 1.54) is 26.0 Å². The first kappa shape index (κ1) is 14.4. The van der Waals surface area contributed by atoms with E-state index in [0.29, 0.717) is 5.52 Å². The molecule has 0 bridgehead atoms. The predicted molar refractivity (Wildman–Crippen MR) is 69.1 cm³/mol. The van der Waals surface area contributed by atoms with Crippen LogP contribution in [-0.2, 0) is 9.59 Å². The smallest absolute Gasteiger partial charge is 0.356 e. The van der Waals surface area contributed by atoms with Crippen molar-refractivity contribution in [3.05, 3.63) is 24.0 Å². The molecule has 0 saturated heterocycles. The number of carboxylic acids is 1. The molecule has 1 aromatic heterocycles. The number of fused-ring (bicyclic) bond motifs is 1. The zero-order valence-corrected chi connectivity index (χ0v) is 11.1. The third-order valence-electron chi connectivity index (χ3n) is 2.33. The van der Waals surface area contributed by atoms with Gasteiger partial charge in [-0.2, -0.15) is 0 Å². The van der Waals surface area contributed by atoms with Gasteiger partial charge < -0.3 is 14.6 Å². The van der Waals surface area contributed by atoms with Crippen LogP contribution in [0.15, 0.2) is 18.3 Å². The van der Waals surface area contributed by atoms with Gasteiger partial charge in [0.2, 0.25) is 0 Å². The molecule has 0 atom stereocenters. The molecule has 0 radical (unpaired) electrons. The molecule has 0 spiro atoms. The van der Waals surface area contributed by atoms with Crippen LogP contribution in [0.5, 0.6) is 11.5 Å². The minimum atomic E-state index is -1.23. The Balaban J connectivity index is 2.60. The van der Waals surface area contributed by atoms with E-state index in [1.807, 2.05) is 0 Å². The van der Waals surface area contributed by atoms with Gasteiger partial charge in [-0.3, -0.25) is 14.6 Å². The monoisotopic (exact) mass is 290 g/mol. The lowest BCUT2D eigenvalue weighted by molar-refractivity contribution is -0.134. The largest absolute Gasteiger partial charge is 0.476 e. The molecule has 2 rings (SSSR count). The van der Waals surface area contributed by atoms with Gasteiger partial charge in [-0.1, -0.05) is 0 Å². The standard InChI is InChI=1S/C13H10N2O6/c1-6(16)20-11-3-8-9(4-12(11)21-7(2)17)15-10(5-14-8)13(18)19/h3-5H,1-2H3,(H,18,19). The van der Waals surface area contributed by atoms with Gasteiger partial charge in [-0.25, -0.2) is 9.78 Å². The molecular formula is C13H10N2O6. The molecule has 0 aliphatic rings. The molecule has 0 fully saturated rings. The number of nitrogens with zero attached hydrogens (tertiary/aromatic N) is 2. The molecule has 0 amide bonds. The van der Waals surface area contributed by atoms with Gasteiger partial charge in [-0.15, -0.1) is 0 Å². The van der Waals surface area contributed by atoms with Gasteiger partial charge in [-0.05, 0) is 0 Å². The number of ether oxygens (including phenoxy) is 2. The summed E-state index contributed by atoms with van der Waals surface area (Å²) < 4.78 is 9.86. The Morgan fingerprint density at radius 2 is 1.52 bits per heavy atom. The number of carbonyl (C=O) groups is 3. The minimum absolute atomic E-state index is 0.00238. The molecule has 0 saturated carbocycles. The SMILES string of the molecule is CC(=O)Oc1cc2ncc(C(=O)O)nc2cc1OC(C)=O. The third-order valence-corrected chi connectivity index (χ3v) is 2.33. The predicted octanol–water partition coefficient (Wildman–Crippen LogP) is 1.18. The number of carbonyl (C=O) groups excluding carboxylic acids is 2. The molecule has 0 unspecified atom stereocenters. The van der Waals surface area contributed by atoms with E-state index in [0.717, 1.165) is 6.20 Å². The number of aromatic carboxylic acids is 1. The highest BCUT2D eigenvalue weighted by Crippen LogP contribution is 2.31. The van der Waals surface area contributed by atoms with Crippen LogP contribution in [0.1, 0.15) is 24.3 Å². The van der Waals surface area contributed by atoms with Gasteiger partial charge in [0.1, 0.15) is 0 Å². The minimum Gasteiger partial charge on any atom is -0.476 e. The molecule has 108 valence electrons. The Hall–Kier alpha value is -3.03. The van der Waals surface area contributed by atoms with Crippen LogP contribution in [0, 0.1) is 0 Å². The summed E-state index contributed by atoms with van der Waals surface area (Å²) in [5, 5.41) is 8.88. The van der Waals surface area contributed by atoms with Crippen molar-refractivity contribution in [1.82, 2.24) is 9.97 Å². The fourth-order valence-corrected chi connectivity index (χ4v) is 1.59. The normalized spacial score (nSPS) is 10.2. The van der Waals surface area contributed by atoms with Crippen molar-refractivity contribution in [2.24, 2.45) is 0 Å². The van der Waals surface area contributed by atoms with Crippen LogP contribution >= 0.6 is 0 Å². The van der Waals surface area contributed by atoms with Gasteiger partial charge in [0, 0.05) is 26.0 Å². The molecule has 21 heavy (non-hydrogen) atoms. The molecule has 2 aromatic rings. The Kier molecular flexibility index (Phi) is 3.79. The molecule has 0 aliphatic carbocycles. The fraction of sp³-hybridized carbons (Fsp3) is 0.154. The quantitative estimate of drug-likeness (QED) is 0.661. The van der Waals surface area contributed by atoms with Crippen LogP contribution in [0.2, 0.25) is 0 Å². The van der Waals surface area contributed by atoms with E-state index in [1.54, 1.807) is 0 Å². The second kappa shape index (κ2) is 5.53. The number of aromatic nitrogens is 2. The average Bonchev–Trinajstić information content (AvgIpc) is 2.37. The van der Waals surface area contributed by atoms with E-state index in [4.69, 9.17) is 14.6 Å². The number of hydrogen-bond donors (Lipinski definition) is 1. The van der Waals surface area contributed by atoms with E-state index in [-0.39, 0.29) is 22.7 Å². The Morgan fingerprint density at radius 3 is 2.00 bits per heavy atom. The number of benzene rings is 1. The number of hydrogen-bond acceptors (Lipinski definition) is 7. The van der Waals surface area contributed by atoms with Crippen molar-refractivity contribution >= 4 is 28.9 Å². The van der Waals surface area contributed by atoms with Crippen molar-refractivity contribution in [1.29, 1.82) is 0 Å². The summed E-state index contributed by atoms with van der Waals surface area (Å²) in [5.74, 6) is -2.49. The lowest BCUT2D eigenvalue weighted by Gasteiger charge is -2.09. The summed E-state index contributed by atoms with van der Waals surface area (Å²) in [6.07, 6.45) is 1.08. The van der Waals surface area contributed by atoms with Crippen molar-refractivity contribution in [3.63, 3.8) is 0 Å². The first-order valence-corrected chi connectivity index (χ1v) is 5.77. The number of carboxylic acid groups (broad SMARTS) is 1. The highest BCUT2D eigenvalue weighted by Gasteiger charge is 2.15. The van der Waals surface area contributed by atoms with Crippen molar-refractivity contribution in [2.45, 2.75) is 13.8 Å². The highest BCUT2D eigenvalue weighted by atomic mass is 16.6. The van der Waals surface area contributed by atoms with Gasteiger partial charge in [0.15, 0.2) is 17.2 Å². The van der Waals surface area contributed by atoms with Crippen LogP contribution < -0.4 is 9.47 Å². The van der Waals surface area contributed by atoms with Crippen molar-refractivity contribution in [2.75, 3.05) is 0 Å². The topological polar surface area (TPSA) is 116 Å². The summed E-state index contributed by atoms with van der Waals surface area (Å²) in [5.41, 5.74) is 0.241. The third kappa shape index (κ3) is 3.30. The lowest BCUT2D eigenvalue weighted by atomic mass is 10.2. The maximum atomic E-state index is 11.1. The second-order valence-electron chi connectivity index (χ2n) is 4.04. The molecule has 8 nitrogen and oxygen atoms in total. The van der Waals surface area contributed by atoms with Gasteiger partial charge >= 0.3 is 17.9 Å². The molecule has 1 heterocycles. The molecule has 1 aromatic carbocycles. The van der Waals surface area contributed by atoms with Gasteiger partial charge in [0.25, 0.3) is 0 Å². The lowest BCUT2D eigenvalue weighted by Crippen LogP contribution is -2.08. The van der Waals surface area contributed by atoms with E-state index in [2.05, 4.69) is 9.97 Å². The molecule has 8 heteroatoms. The first-order chi connectivity index (χ1) is 9.86.